The van der Waals surface area contributed by atoms with Crippen molar-refractivity contribution in [3.8, 4) is 0 Å². The normalized spacial score (nSPS) is 16.1. The Hall–Kier alpha value is -2.12. The third-order valence-electron chi connectivity index (χ3n) is 4.35. The number of carbonyl (C=O) groups is 1. The second-order valence-corrected chi connectivity index (χ2v) is 7.08. The van der Waals surface area contributed by atoms with Gasteiger partial charge in [-0.1, -0.05) is 6.42 Å². The van der Waals surface area contributed by atoms with Crippen molar-refractivity contribution in [2.45, 2.75) is 57.3 Å². The molecule has 0 bridgehead atoms. The third kappa shape index (κ3) is 3.77. The molecule has 1 amide bonds. The largest absolute Gasteiger partial charge is 0.416 e. The molecule has 8 heteroatoms. The van der Waals surface area contributed by atoms with Gasteiger partial charge in [0.15, 0.2) is 5.82 Å². The second kappa shape index (κ2) is 6.00. The first-order valence-corrected chi connectivity index (χ1v) is 8.13. The first kappa shape index (κ1) is 17.7. The maximum absolute atomic E-state index is 13.7. The Morgan fingerprint density at radius 3 is 2.52 bits per heavy atom. The van der Waals surface area contributed by atoms with Crippen LogP contribution in [0.3, 0.4) is 0 Å². The highest BCUT2D eigenvalue weighted by atomic mass is 19.4. The van der Waals surface area contributed by atoms with E-state index < -0.39 is 23.3 Å². The molecule has 2 aromatic heterocycles. The Morgan fingerprint density at radius 1 is 1.32 bits per heavy atom. The van der Waals surface area contributed by atoms with Crippen molar-refractivity contribution in [3.63, 3.8) is 0 Å². The fourth-order valence-corrected chi connectivity index (χ4v) is 2.99. The van der Waals surface area contributed by atoms with Crippen LogP contribution in [-0.2, 0) is 11.0 Å². The average molecular weight is 357 g/mol. The van der Waals surface area contributed by atoms with E-state index in [4.69, 9.17) is 0 Å². The number of alkyl halides is 4. The van der Waals surface area contributed by atoms with E-state index in [1.54, 1.807) is 0 Å². The van der Waals surface area contributed by atoms with Gasteiger partial charge in [0, 0.05) is 11.8 Å². The van der Waals surface area contributed by atoms with Crippen LogP contribution in [0.15, 0.2) is 18.3 Å². The summed E-state index contributed by atoms with van der Waals surface area (Å²) in [5.41, 5.74) is -1.51. The van der Waals surface area contributed by atoms with Crippen LogP contribution in [0.1, 0.15) is 56.6 Å². The van der Waals surface area contributed by atoms with Gasteiger partial charge in [0.2, 0.25) is 5.91 Å². The van der Waals surface area contributed by atoms with Crippen molar-refractivity contribution in [1.29, 1.82) is 0 Å². The molecular formula is C17H19F4N3O. The van der Waals surface area contributed by atoms with Gasteiger partial charge in [-0.25, -0.2) is 8.91 Å². The summed E-state index contributed by atoms with van der Waals surface area (Å²) in [4.78, 5) is 12.0. The fourth-order valence-electron chi connectivity index (χ4n) is 2.99. The van der Waals surface area contributed by atoms with Gasteiger partial charge in [-0.15, -0.1) is 5.10 Å². The molecule has 1 saturated carbocycles. The van der Waals surface area contributed by atoms with E-state index in [9.17, 15) is 22.4 Å². The first-order valence-electron chi connectivity index (χ1n) is 8.13. The molecule has 0 spiro atoms. The van der Waals surface area contributed by atoms with Crippen LogP contribution in [0, 0.1) is 0 Å². The van der Waals surface area contributed by atoms with Gasteiger partial charge in [-0.2, -0.15) is 13.2 Å². The molecule has 1 fully saturated rings. The Balaban J connectivity index is 2.01. The number of hydrogen-bond acceptors (Lipinski definition) is 2. The third-order valence-corrected chi connectivity index (χ3v) is 4.35. The lowest BCUT2D eigenvalue weighted by Crippen LogP contribution is -2.24. The minimum atomic E-state index is -4.45. The smallest absolute Gasteiger partial charge is 0.309 e. The number of amides is 1. The Labute approximate surface area is 142 Å². The standard InChI is InChI=1S/C17H19F4N3O/c1-16(2,18)9-13(25)22-15-14(10-4-3-5-10)12-8-11(17(19,20)21)6-7-24(12)23-15/h6-8,10H,3-5,9H2,1-2H3,(H,22,23,25). The number of aromatic nitrogens is 2. The maximum atomic E-state index is 13.7. The van der Waals surface area contributed by atoms with E-state index in [0.717, 1.165) is 31.4 Å². The average Bonchev–Trinajstić information content (AvgIpc) is 2.71. The summed E-state index contributed by atoms with van der Waals surface area (Å²) < 4.78 is 54.0. The Morgan fingerprint density at radius 2 is 2.00 bits per heavy atom. The summed E-state index contributed by atoms with van der Waals surface area (Å²) in [5, 5.41) is 6.78. The summed E-state index contributed by atoms with van der Waals surface area (Å²) in [7, 11) is 0. The van der Waals surface area contributed by atoms with Gasteiger partial charge in [-0.3, -0.25) is 4.79 Å². The second-order valence-electron chi connectivity index (χ2n) is 7.08. The van der Waals surface area contributed by atoms with Crippen molar-refractivity contribution in [2.75, 3.05) is 5.32 Å². The first-order chi connectivity index (χ1) is 11.5. The van der Waals surface area contributed by atoms with E-state index in [1.807, 2.05) is 0 Å². The lowest BCUT2D eigenvalue weighted by molar-refractivity contribution is -0.137. The van der Waals surface area contributed by atoms with Gasteiger partial charge in [-0.05, 0) is 44.7 Å². The molecule has 1 aliphatic carbocycles. The summed E-state index contributed by atoms with van der Waals surface area (Å²) >= 11 is 0. The van der Waals surface area contributed by atoms with E-state index >= 15 is 0 Å². The molecule has 2 aromatic rings. The lowest BCUT2D eigenvalue weighted by atomic mass is 9.80. The monoisotopic (exact) mass is 357 g/mol. The summed E-state index contributed by atoms with van der Waals surface area (Å²) in [5.74, 6) is -0.277. The van der Waals surface area contributed by atoms with Crippen LogP contribution in [-0.4, -0.2) is 21.2 Å². The minimum absolute atomic E-state index is 0.0506. The molecule has 2 heterocycles. The van der Waals surface area contributed by atoms with Crippen molar-refractivity contribution >= 4 is 17.2 Å². The zero-order valence-electron chi connectivity index (χ0n) is 14.0. The number of nitrogens with one attached hydrogen (secondary N) is 1. The molecule has 0 atom stereocenters. The van der Waals surface area contributed by atoms with Gasteiger partial charge >= 0.3 is 6.18 Å². The number of rotatable bonds is 4. The molecule has 0 radical (unpaired) electrons. The summed E-state index contributed by atoms with van der Waals surface area (Å²) in [6, 6.07) is 2.00. The molecule has 1 N–H and O–H groups in total. The number of anilines is 1. The van der Waals surface area contributed by atoms with E-state index in [-0.39, 0.29) is 18.2 Å². The number of hydrogen-bond donors (Lipinski definition) is 1. The SMILES string of the molecule is CC(C)(F)CC(=O)Nc1nn2ccc(C(F)(F)F)cc2c1C1CCC1. The van der Waals surface area contributed by atoms with Crippen molar-refractivity contribution in [3.05, 3.63) is 29.5 Å². The minimum Gasteiger partial charge on any atom is -0.309 e. The van der Waals surface area contributed by atoms with Gasteiger partial charge in [0.1, 0.15) is 5.67 Å². The molecule has 0 aromatic carbocycles. The quantitative estimate of drug-likeness (QED) is 0.807. The number of carbonyl (C=O) groups excluding carboxylic acids is 1. The molecule has 1 aliphatic rings. The zero-order valence-corrected chi connectivity index (χ0v) is 14.0. The van der Waals surface area contributed by atoms with Crippen LogP contribution in [0.2, 0.25) is 0 Å². The predicted molar refractivity (Wildman–Crippen MR) is 85.2 cm³/mol. The number of nitrogens with zero attached hydrogens (tertiary/aromatic N) is 2. The van der Waals surface area contributed by atoms with Gasteiger partial charge in [0.25, 0.3) is 0 Å². The van der Waals surface area contributed by atoms with Crippen molar-refractivity contribution in [1.82, 2.24) is 9.61 Å². The van der Waals surface area contributed by atoms with Crippen molar-refractivity contribution < 1.29 is 22.4 Å². The fraction of sp³-hybridized carbons (Fsp3) is 0.529. The molecule has 0 saturated heterocycles. The molecule has 0 unspecified atom stereocenters. The van der Waals surface area contributed by atoms with Gasteiger partial charge < -0.3 is 5.32 Å². The molecular weight excluding hydrogens is 338 g/mol. The van der Waals surface area contributed by atoms with Gasteiger partial charge in [0.05, 0.1) is 17.5 Å². The Bertz CT molecular complexity index is 801. The summed E-state index contributed by atoms with van der Waals surface area (Å²) in [6.07, 6.45) is -0.936. The molecule has 136 valence electrons. The molecule has 25 heavy (non-hydrogen) atoms. The number of halogens is 4. The number of pyridine rings is 1. The topological polar surface area (TPSA) is 46.4 Å². The zero-order chi connectivity index (χ0) is 18.4. The van der Waals surface area contributed by atoms with E-state index in [2.05, 4.69) is 10.4 Å². The highest BCUT2D eigenvalue weighted by Gasteiger charge is 2.33. The van der Waals surface area contributed by atoms with Crippen molar-refractivity contribution in [2.24, 2.45) is 0 Å². The van der Waals surface area contributed by atoms with Crippen LogP contribution in [0.4, 0.5) is 23.4 Å². The van der Waals surface area contributed by atoms with Crippen LogP contribution < -0.4 is 5.32 Å². The highest BCUT2D eigenvalue weighted by Crippen LogP contribution is 2.43. The highest BCUT2D eigenvalue weighted by molar-refractivity contribution is 5.92. The van der Waals surface area contributed by atoms with Crippen LogP contribution in [0.25, 0.3) is 5.52 Å². The molecule has 0 aliphatic heterocycles. The predicted octanol–water partition coefficient (Wildman–Crippen LogP) is 4.70. The molecule has 3 rings (SSSR count). The molecule has 4 nitrogen and oxygen atoms in total. The van der Waals surface area contributed by atoms with Crippen LogP contribution >= 0.6 is 0 Å². The Kier molecular flexibility index (Phi) is 4.25. The number of fused-ring (bicyclic) bond motifs is 1. The van der Waals surface area contributed by atoms with E-state index in [0.29, 0.717) is 11.1 Å². The summed E-state index contributed by atoms with van der Waals surface area (Å²) in [6.45, 7) is 2.58. The lowest BCUT2D eigenvalue weighted by Gasteiger charge is -2.26. The van der Waals surface area contributed by atoms with E-state index in [1.165, 1.54) is 24.6 Å². The maximum Gasteiger partial charge on any atom is 0.416 e. The van der Waals surface area contributed by atoms with Crippen LogP contribution in [0.5, 0.6) is 0 Å².